The highest BCUT2D eigenvalue weighted by molar-refractivity contribution is 6.19. The molecule has 11 rings (SSSR count). The molecule has 55 heavy (non-hydrogen) atoms. The van der Waals surface area contributed by atoms with Gasteiger partial charge in [0.15, 0.2) is 0 Å². The van der Waals surface area contributed by atoms with E-state index in [0.717, 1.165) is 61.3 Å². The van der Waals surface area contributed by atoms with Crippen LogP contribution in [0.5, 0.6) is 0 Å². The predicted molar refractivity (Wildman–Crippen MR) is 228 cm³/mol. The Morgan fingerprint density at radius 2 is 1.38 bits per heavy atom. The maximum Gasteiger partial charge on any atom is 0.145 e. The number of furan rings is 1. The van der Waals surface area contributed by atoms with Crippen molar-refractivity contribution in [2.75, 3.05) is 0 Å². The number of hydrogen-bond acceptors (Lipinski definition) is 3. The summed E-state index contributed by atoms with van der Waals surface area (Å²) in [6.45, 7) is 9.22. The van der Waals surface area contributed by atoms with E-state index in [-0.39, 0.29) is 11.6 Å². The quantitative estimate of drug-likeness (QED) is 0.198. The van der Waals surface area contributed by atoms with Gasteiger partial charge < -0.3 is 14.3 Å². The summed E-state index contributed by atoms with van der Waals surface area (Å²) in [5, 5.41) is 8.47. The van der Waals surface area contributed by atoms with Crippen LogP contribution in [0.4, 0.5) is 0 Å². The minimum Gasteiger partial charge on any atom is -0.456 e. The molecule has 1 unspecified atom stereocenters. The first-order chi connectivity index (χ1) is 27.0. The molecule has 1 aliphatic heterocycles. The van der Waals surface area contributed by atoms with Gasteiger partial charge in [0, 0.05) is 55.5 Å². The monoisotopic (exact) mass is 707 g/mol. The average Bonchev–Trinajstić information content (AvgIpc) is 3.79. The molecular formula is C51H37N3O. The molecule has 7 aromatic carbocycles. The van der Waals surface area contributed by atoms with E-state index in [2.05, 4.69) is 170 Å². The Morgan fingerprint density at radius 1 is 0.636 bits per heavy atom. The van der Waals surface area contributed by atoms with Gasteiger partial charge in [-0.15, -0.1) is 0 Å². The van der Waals surface area contributed by atoms with Gasteiger partial charge in [-0.2, -0.15) is 0 Å². The molecule has 3 heterocycles. The molecule has 0 spiro atoms. The van der Waals surface area contributed by atoms with Gasteiger partial charge in [-0.3, -0.25) is 4.99 Å². The number of fused-ring (bicyclic) bond motifs is 10. The van der Waals surface area contributed by atoms with Gasteiger partial charge in [-0.1, -0.05) is 142 Å². The van der Waals surface area contributed by atoms with Crippen LogP contribution in [0.2, 0.25) is 0 Å². The molecule has 1 atom stereocenters. The highest BCUT2D eigenvalue weighted by Crippen LogP contribution is 2.53. The van der Waals surface area contributed by atoms with Gasteiger partial charge in [-0.05, 0) is 69.8 Å². The van der Waals surface area contributed by atoms with E-state index in [1.165, 1.54) is 44.1 Å². The van der Waals surface area contributed by atoms with Gasteiger partial charge in [-0.25, -0.2) is 0 Å². The molecular weight excluding hydrogens is 671 g/mol. The van der Waals surface area contributed by atoms with Crippen LogP contribution in [0, 0.1) is 0 Å². The molecule has 4 heteroatoms. The van der Waals surface area contributed by atoms with Crippen LogP contribution < -0.4 is 5.32 Å². The van der Waals surface area contributed by atoms with Gasteiger partial charge >= 0.3 is 0 Å². The zero-order chi connectivity index (χ0) is 36.8. The van der Waals surface area contributed by atoms with E-state index >= 15 is 0 Å². The molecule has 1 N–H and O–H groups in total. The van der Waals surface area contributed by atoms with Crippen LogP contribution in [-0.2, 0) is 5.41 Å². The van der Waals surface area contributed by atoms with Crippen LogP contribution in [-0.4, -0.2) is 10.3 Å². The van der Waals surface area contributed by atoms with Gasteiger partial charge in [0.25, 0.3) is 0 Å². The second-order valence-electron chi connectivity index (χ2n) is 15.3. The van der Waals surface area contributed by atoms with E-state index in [4.69, 9.17) is 9.41 Å². The molecule has 262 valence electrons. The van der Waals surface area contributed by atoms with E-state index < -0.39 is 0 Å². The standard InChI is InChI=1S/C51H37N3O/c1-31-29-41(52-50(33-17-8-5-9-18-33)53-49(31)32-15-6-4-7-16-32)36-21-14-24-44-46(36)38-26-25-34(30-45(38)55-44)54-42-23-13-11-20-37(42)48-43(54)28-27-40-47(48)35-19-10-12-22-39(35)51(40,2)3/h4-30,50,52H,1H2,2-3H3. The number of nitrogens with one attached hydrogen (secondary N) is 1. The highest BCUT2D eigenvalue weighted by Gasteiger charge is 2.37. The lowest BCUT2D eigenvalue weighted by Gasteiger charge is -2.21. The van der Waals surface area contributed by atoms with Crippen molar-refractivity contribution in [1.82, 2.24) is 9.88 Å². The molecule has 0 radical (unpaired) electrons. The Balaban J connectivity index is 1.08. The summed E-state index contributed by atoms with van der Waals surface area (Å²) in [7, 11) is 0. The van der Waals surface area contributed by atoms with Crippen molar-refractivity contribution in [3.05, 3.63) is 204 Å². The van der Waals surface area contributed by atoms with Crippen molar-refractivity contribution in [3.63, 3.8) is 0 Å². The number of nitrogens with zero attached hydrogens (tertiary/aromatic N) is 2. The van der Waals surface area contributed by atoms with E-state index in [0.29, 0.717) is 0 Å². The van der Waals surface area contributed by atoms with E-state index in [9.17, 15) is 0 Å². The average molecular weight is 708 g/mol. The number of benzene rings is 7. The minimum absolute atomic E-state index is 0.0709. The number of allylic oxidation sites excluding steroid dienone is 2. The second-order valence-corrected chi connectivity index (χ2v) is 15.3. The number of aromatic nitrogens is 1. The Bertz CT molecular complexity index is 3100. The van der Waals surface area contributed by atoms with Crippen LogP contribution in [0.25, 0.3) is 66.3 Å². The Labute approximate surface area is 319 Å². The number of aliphatic imine (C=N–C) groups is 1. The number of rotatable bonds is 4. The molecule has 2 aliphatic rings. The van der Waals surface area contributed by atoms with Gasteiger partial charge in [0.05, 0.1) is 16.7 Å². The molecule has 0 saturated heterocycles. The molecule has 0 bridgehead atoms. The molecule has 4 nitrogen and oxygen atoms in total. The summed E-state index contributed by atoms with van der Waals surface area (Å²) in [5.41, 5.74) is 16.3. The van der Waals surface area contributed by atoms with E-state index in [1.54, 1.807) is 0 Å². The molecule has 0 fully saturated rings. The first-order valence-corrected chi connectivity index (χ1v) is 18.9. The van der Waals surface area contributed by atoms with Crippen molar-refractivity contribution in [2.24, 2.45) is 4.99 Å². The molecule has 9 aromatic rings. The third-order valence-electron chi connectivity index (χ3n) is 11.7. The first kappa shape index (κ1) is 31.6. The number of hydrogen-bond donors (Lipinski definition) is 1. The summed E-state index contributed by atoms with van der Waals surface area (Å²) in [4.78, 5) is 5.26. The minimum atomic E-state index is -0.309. The van der Waals surface area contributed by atoms with Crippen molar-refractivity contribution in [2.45, 2.75) is 25.4 Å². The topological polar surface area (TPSA) is 42.5 Å². The van der Waals surface area contributed by atoms with Crippen molar-refractivity contribution < 1.29 is 4.42 Å². The van der Waals surface area contributed by atoms with E-state index in [1.807, 2.05) is 24.3 Å². The fourth-order valence-corrected chi connectivity index (χ4v) is 9.19. The SMILES string of the molecule is C=C1C=C(c2cccc3oc4cc(-n5c6ccccc6c6c7c(ccc65)C(C)(C)c5ccccc5-7)ccc4c23)NC(c2ccccc2)N=C1c1ccccc1. The maximum absolute atomic E-state index is 6.74. The van der Waals surface area contributed by atoms with Crippen LogP contribution in [0.15, 0.2) is 185 Å². The molecule has 2 aromatic heterocycles. The summed E-state index contributed by atoms with van der Waals surface area (Å²) in [6, 6.07) is 56.0. The smallest absolute Gasteiger partial charge is 0.145 e. The van der Waals surface area contributed by atoms with Crippen molar-refractivity contribution >= 4 is 55.2 Å². The molecule has 1 aliphatic carbocycles. The first-order valence-electron chi connectivity index (χ1n) is 18.9. The largest absolute Gasteiger partial charge is 0.456 e. The van der Waals surface area contributed by atoms with Crippen LogP contribution in [0.3, 0.4) is 0 Å². The Hall–Kier alpha value is -6.91. The van der Waals surface area contributed by atoms with Crippen molar-refractivity contribution in [1.29, 1.82) is 0 Å². The molecule has 0 saturated carbocycles. The van der Waals surface area contributed by atoms with Crippen molar-refractivity contribution in [3.8, 4) is 16.8 Å². The lowest BCUT2D eigenvalue weighted by atomic mass is 9.82. The lowest BCUT2D eigenvalue weighted by Crippen LogP contribution is -2.18. The third kappa shape index (κ3) is 4.68. The second kappa shape index (κ2) is 11.8. The summed E-state index contributed by atoms with van der Waals surface area (Å²) in [6.07, 6.45) is 1.82. The van der Waals surface area contributed by atoms with Gasteiger partial charge in [0.1, 0.15) is 17.3 Å². The maximum atomic E-state index is 6.74. The zero-order valence-electron chi connectivity index (χ0n) is 30.7. The zero-order valence-corrected chi connectivity index (χ0v) is 30.7. The van der Waals surface area contributed by atoms with Crippen LogP contribution >= 0.6 is 0 Å². The Kier molecular flexibility index (Phi) is 6.78. The summed E-state index contributed by atoms with van der Waals surface area (Å²) in [5.74, 6) is 0. The summed E-state index contributed by atoms with van der Waals surface area (Å²) < 4.78 is 9.14. The fraction of sp³-hybridized carbons (Fsp3) is 0.0784. The number of para-hydroxylation sites is 1. The van der Waals surface area contributed by atoms with Gasteiger partial charge in [0.2, 0.25) is 0 Å². The summed E-state index contributed by atoms with van der Waals surface area (Å²) >= 11 is 0. The normalized spacial score (nSPS) is 16.2. The predicted octanol–water partition coefficient (Wildman–Crippen LogP) is 12.7. The Morgan fingerprint density at radius 3 is 2.24 bits per heavy atom. The highest BCUT2D eigenvalue weighted by atomic mass is 16.3. The van der Waals surface area contributed by atoms with Crippen LogP contribution in [0.1, 0.15) is 47.8 Å². The third-order valence-corrected chi connectivity index (χ3v) is 11.7. The lowest BCUT2D eigenvalue weighted by molar-refractivity contribution is 0.661. The molecule has 0 amide bonds. The fourth-order valence-electron chi connectivity index (χ4n) is 9.19.